The van der Waals surface area contributed by atoms with Gasteiger partial charge in [0.15, 0.2) is 0 Å². The molecule has 0 amide bonds. The summed E-state index contributed by atoms with van der Waals surface area (Å²) in [6, 6.07) is 0. The van der Waals surface area contributed by atoms with Crippen molar-refractivity contribution in [3.63, 3.8) is 0 Å². The second-order valence-corrected chi connectivity index (χ2v) is 5.19. The zero-order valence-corrected chi connectivity index (χ0v) is 11.8. The molecular weight excluding hydrogens is 251 g/mol. The smallest absolute Gasteiger partial charge is 1.00 e. The minimum Gasteiger partial charge on any atom is -1.00 e. The topological polar surface area (TPSA) is 18.5 Å². The molecule has 0 aromatic heterocycles. The molecule has 0 saturated carbocycles. The van der Waals surface area contributed by atoms with E-state index in [2.05, 4.69) is 0 Å². The molecule has 0 saturated heterocycles. The summed E-state index contributed by atoms with van der Waals surface area (Å²) >= 11 is -0.156. The molecule has 0 aromatic carbocycles. The van der Waals surface area contributed by atoms with Crippen LogP contribution in [0.5, 0.6) is 0 Å². The van der Waals surface area contributed by atoms with E-state index in [0.717, 1.165) is 0 Å². The maximum Gasteiger partial charge on any atom is -1.00 e. The Hall–Kier alpha value is 1.03. The molecule has 0 aliphatic carbocycles. The van der Waals surface area contributed by atoms with Crippen molar-refractivity contribution in [2.24, 2.45) is 0 Å². The van der Waals surface area contributed by atoms with Gasteiger partial charge in [-0.2, -0.15) is 0 Å². The fraction of sp³-hybridized carbons (Fsp3) is 1.00. The molecule has 0 aromatic rings. The molecule has 82 valence electrons. The standard InChI is InChI=1S/2C4H9O.2ClH.Cr/c2*1-4(2,3)5;;;/h2*1-3H3;2*1H;/q2*-1;;;+4/p-2. The van der Waals surface area contributed by atoms with Crippen LogP contribution in [-0.2, 0) is 23.5 Å². The van der Waals surface area contributed by atoms with Crippen LogP contribution in [0.25, 0.3) is 0 Å². The predicted octanol–water partition coefficient (Wildman–Crippen LogP) is -3.46. The summed E-state index contributed by atoms with van der Waals surface area (Å²) in [5, 5.41) is 0. The van der Waals surface area contributed by atoms with Gasteiger partial charge in [-0.25, -0.2) is 0 Å². The van der Waals surface area contributed by atoms with Gasteiger partial charge in [0.05, 0.1) is 0 Å². The van der Waals surface area contributed by atoms with Crippen molar-refractivity contribution in [1.29, 1.82) is 0 Å². The first-order valence-electron chi connectivity index (χ1n) is 3.74. The first-order valence-corrected chi connectivity index (χ1v) is 4.78. The number of rotatable bonds is 2. The molecule has 0 spiro atoms. The summed E-state index contributed by atoms with van der Waals surface area (Å²) in [7, 11) is 0. The van der Waals surface area contributed by atoms with Crippen molar-refractivity contribution < 1.29 is 48.3 Å². The molecule has 0 unspecified atom stereocenters. The van der Waals surface area contributed by atoms with Gasteiger partial charge in [0, 0.05) is 0 Å². The van der Waals surface area contributed by atoms with Crippen LogP contribution in [0.15, 0.2) is 0 Å². The van der Waals surface area contributed by atoms with Crippen LogP contribution in [0.3, 0.4) is 0 Å². The Balaban J connectivity index is -0.000000500. The van der Waals surface area contributed by atoms with E-state index in [-0.39, 0.29) is 51.9 Å². The van der Waals surface area contributed by atoms with E-state index in [4.69, 9.17) is 7.58 Å². The predicted molar refractivity (Wildman–Crippen MR) is 41.7 cm³/mol. The SMILES string of the molecule is CC(C)(C)[O][Cr+2][O]C(C)(C)C.[Cl-].[Cl-]. The van der Waals surface area contributed by atoms with E-state index in [0.29, 0.717) is 0 Å². The van der Waals surface area contributed by atoms with Gasteiger partial charge >= 0.3 is 76.2 Å². The van der Waals surface area contributed by atoms with E-state index < -0.39 is 0 Å². The number of halogens is 2. The molecule has 0 heterocycles. The van der Waals surface area contributed by atoms with Crippen LogP contribution in [-0.4, -0.2) is 11.2 Å². The summed E-state index contributed by atoms with van der Waals surface area (Å²) in [5.74, 6) is 0. The van der Waals surface area contributed by atoms with Gasteiger partial charge in [-0.3, -0.25) is 0 Å². The maximum atomic E-state index is 5.45. The molecule has 0 N–H and O–H groups in total. The number of hydrogen-bond acceptors (Lipinski definition) is 2. The maximum absolute atomic E-state index is 5.45. The van der Waals surface area contributed by atoms with Crippen molar-refractivity contribution in [2.75, 3.05) is 0 Å². The molecule has 0 rings (SSSR count). The van der Waals surface area contributed by atoms with Gasteiger partial charge in [-0.1, -0.05) is 0 Å². The van der Waals surface area contributed by atoms with E-state index in [9.17, 15) is 0 Å². The first kappa shape index (κ1) is 19.6. The normalized spacial score (nSPS) is 11.2. The third-order valence-electron chi connectivity index (χ3n) is 0.568. The van der Waals surface area contributed by atoms with Gasteiger partial charge in [0.25, 0.3) is 0 Å². The quantitative estimate of drug-likeness (QED) is 0.519. The van der Waals surface area contributed by atoms with Gasteiger partial charge < -0.3 is 24.8 Å². The van der Waals surface area contributed by atoms with Crippen LogP contribution < -0.4 is 24.8 Å². The second kappa shape index (κ2) is 7.34. The van der Waals surface area contributed by atoms with Crippen LogP contribution in [0.2, 0.25) is 0 Å². The summed E-state index contributed by atoms with van der Waals surface area (Å²) < 4.78 is 10.9. The molecule has 0 radical (unpaired) electrons. The summed E-state index contributed by atoms with van der Waals surface area (Å²) in [6.07, 6.45) is 0. The minimum absolute atomic E-state index is 0. The van der Waals surface area contributed by atoms with Crippen LogP contribution in [0.1, 0.15) is 41.5 Å². The van der Waals surface area contributed by atoms with E-state index in [1.165, 1.54) is 0 Å². The van der Waals surface area contributed by atoms with Crippen molar-refractivity contribution in [2.45, 2.75) is 52.7 Å². The van der Waals surface area contributed by atoms with Gasteiger partial charge in [0.2, 0.25) is 0 Å². The monoisotopic (exact) mass is 268 g/mol. The average molecular weight is 269 g/mol. The van der Waals surface area contributed by atoms with Crippen molar-refractivity contribution in [1.82, 2.24) is 0 Å². The molecule has 0 bridgehead atoms. The molecule has 13 heavy (non-hydrogen) atoms. The zero-order valence-electron chi connectivity index (χ0n) is 8.98. The molecule has 5 heteroatoms. The molecule has 2 nitrogen and oxygen atoms in total. The average Bonchev–Trinajstić information content (AvgIpc) is 1.55. The first-order chi connectivity index (χ1) is 4.71. The van der Waals surface area contributed by atoms with Crippen molar-refractivity contribution in [3.05, 3.63) is 0 Å². The molecule has 0 atom stereocenters. The molecule has 0 fully saturated rings. The molecule has 0 aliphatic heterocycles. The summed E-state index contributed by atoms with van der Waals surface area (Å²) in [6.45, 7) is 12.2. The number of hydrogen-bond donors (Lipinski definition) is 0. The Kier molecular flexibility index (Phi) is 11.1. The minimum atomic E-state index is -0.156. The zero-order chi connectivity index (χ0) is 9.12. The van der Waals surface area contributed by atoms with E-state index >= 15 is 0 Å². The third kappa shape index (κ3) is 19.4. The molecular formula is C8H18Cl2CrO2. The van der Waals surface area contributed by atoms with Gasteiger partial charge in [0.1, 0.15) is 0 Å². The Morgan fingerprint density at radius 3 is 1.08 bits per heavy atom. The summed E-state index contributed by atoms with van der Waals surface area (Å²) in [5.41, 5.74) is -0.156. The fourth-order valence-corrected chi connectivity index (χ4v) is 0.912. The summed E-state index contributed by atoms with van der Waals surface area (Å²) in [4.78, 5) is 0. The van der Waals surface area contributed by atoms with Gasteiger partial charge in [-0.05, 0) is 0 Å². The third-order valence-corrected chi connectivity index (χ3v) is 2.34. The largest absolute Gasteiger partial charge is 1.00 e. The van der Waals surface area contributed by atoms with Crippen LogP contribution >= 0.6 is 0 Å². The van der Waals surface area contributed by atoms with Crippen LogP contribution in [0, 0.1) is 0 Å². The molecule has 0 aliphatic rings. The van der Waals surface area contributed by atoms with Crippen molar-refractivity contribution in [3.8, 4) is 0 Å². The van der Waals surface area contributed by atoms with Gasteiger partial charge in [-0.15, -0.1) is 0 Å². The Labute approximate surface area is 101 Å². The van der Waals surface area contributed by atoms with E-state index in [1.54, 1.807) is 0 Å². The second-order valence-electron chi connectivity index (χ2n) is 4.46. The van der Waals surface area contributed by atoms with Crippen molar-refractivity contribution >= 4 is 0 Å². The Morgan fingerprint density at radius 2 is 0.923 bits per heavy atom. The fourth-order valence-electron chi connectivity index (χ4n) is 0.221. The Morgan fingerprint density at radius 1 is 0.692 bits per heavy atom. The van der Waals surface area contributed by atoms with Crippen LogP contribution in [0.4, 0.5) is 0 Å². The van der Waals surface area contributed by atoms with E-state index in [1.807, 2.05) is 41.5 Å². The Bertz CT molecular complexity index is 104.